The molecule has 2 aromatic rings. The number of nitrogens with one attached hydrogen (secondary N) is 1. The van der Waals surface area contributed by atoms with Crippen molar-refractivity contribution >= 4 is 27.3 Å². The smallest absolute Gasteiger partial charge is 0.293 e. The topological polar surface area (TPSA) is 73.0 Å². The lowest BCUT2D eigenvalue weighted by Gasteiger charge is -2.07. The first kappa shape index (κ1) is 13.5. The molecular formula is C12H13BrN4O2. The van der Waals surface area contributed by atoms with Gasteiger partial charge in [0.2, 0.25) is 0 Å². The average molecular weight is 325 g/mol. The Bertz CT molecular complexity index is 624. The summed E-state index contributed by atoms with van der Waals surface area (Å²) in [6, 6.07) is 4.94. The Hall–Kier alpha value is -1.89. The highest BCUT2D eigenvalue weighted by Crippen LogP contribution is 2.28. The van der Waals surface area contributed by atoms with Crippen molar-refractivity contribution in [1.82, 2.24) is 9.78 Å². The summed E-state index contributed by atoms with van der Waals surface area (Å²) in [5.74, 6) is 0. The van der Waals surface area contributed by atoms with Gasteiger partial charge in [-0.05, 0) is 19.1 Å². The Morgan fingerprint density at radius 1 is 1.53 bits per heavy atom. The van der Waals surface area contributed by atoms with Gasteiger partial charge in [-0.2, -0.15) is 5.10 Å². The zero-order valence-electron chi connectivity index (χ0n) is 10.6. The van der Waals surface area contributed by atoms with Crippen molar-refractivity contribution in [3.8, 4) is 0 Å². The van der Waals surface area contributed by atoms with Gasteiger partial charge in [-0.1, -0.05) is 15.9 Å². The first-order valence-electron chi connectivity index (χ1n) is 5.64. The maximum Gasteiger partial charge on any atom is 0.293 e. The van der Waals surface area contributed by atoms with E-state index in [2.05, 4.69) is 26.3 Å². The molecule has 1 aromatic carbocycles. The third-order valence-electron chi connectivity index (χ3n) is 2.96. The van der Waals surface area contributed by atoms with Crippen molar-refractivity contribution in [1.29, 1.82) is 0 Å². The summed E-state index contributed by atoms with van der Waals surface area (Å²) in [6.07, 6.45) is 1.76. The fourth-order valence-electron chi connectivity index (χ4n) is 1.71. The van der Waals surface area contributed by atoms with Crippen LogP contribution in [0, 0.1) is 17.0 Å². The number of benzene rings is 1. The van der Waals surface area contributed by atoms with Crippen LogP contribution in [0.2, 0.25) is 0 Å². The summed E-state index contributed by atoms with van der Waals surface area (Å²) in [7, 11) is 1.86. The fraction of sp³-hybridized carbons (Fsp3) is 0.250. The van der Waals surface area contributed by atoms with Gasteiger partial charge in [-0.15, -0.1) is 0 Å². The SMILES string of the molecule is Cc1c(CNc2ccc(Br)cc2[N+](=O)[O-])cnn1C. The number of nitro benzene ring substituents is 1. The minimum absolute atomic E-state index is 0.0518. The predicted octanol–water partition coefficient (Wildman–Crippen LogP) is 3.01. The first-order valence-corrected chi connectivity index (χ1v) is 6.43. The van der Waals surface area contributed by atoms with Crippen LogP contribution in [0.4, 0.5) is 11.4 Å². The molecule has 1 N–H and O–H groups in total. The lowest BCUT2D eigenvalue weighted by atomic mass is 10.2. The van der Waals surface area contributed by atoms with Crippen LogP contribution in [0.1, 0.15) is 11.3 Å². The van der Waals surface area contributed by atoms with Crippen molar-refractivity contribution in [3.05, 3.63) is 50.2 Å². The van der Waals surface area contributed by atoms with Crippen molar-refractivity contribution in [2.24, 2.45) is 7.05 Å². The van der Waals surface area contributed by atoms with E-state index in [4.69, 9.17) is 0 Å². The quantitative estimate of drug-likeness (QED) is 0.693. The molecule has 6 nitrogen and oxygen atoms in total. The number of rotatable bonds is 4. The molecule has 0 saturated heterocycles. The van der Waals surface area contributed by atoms with Gasteiger partial charge in [0.25, 0.3) is 5.69 Å². The molecule has 1 heterocycles. The molecule has 0 amide bonds. The van der Waals surface area contributed by atoms with E-state index < -0.39 is 4.92 Å². The van der Waals surface area contributed by atoms with Crippen LogP contribution >= 0.6 is 15.9 Å². The van der Waals surface area contributed by atoms with E-state index >= 15 is 0 Å². The van der Waals surface area contributed by atoms with Gasteiger partial charge in [0.05, 0.1) is 11.1 Å². The molecule has 19 heavy (non-hydrogen) atoms. The van der Waals surface area contributed by atoms with Crippen LogP contribution in [0.15, 0.2) is 28.9 Å². The normalized spacial score (nSPS) is 10.5. The zero-order chi connectivity index (χ0) is 14.0. The summed E-state index contributed by atoms with van der Waals surface area (Å²) < 4.78 is 2.45. The number of aromatic nitrogens is 2. The van der Waals surface area contributed by atoms with Gasteiger partial charge >= 0.3 is 0 Å². The highest BCUT2D eigenvalue weighted by atomic mass is 79.9. The van der Waals surface area contributed by atoms with Gasteiger partial charge in [0.15, 0.2) is 0 Å². The van der Waals surface area contributed by atoms with E-state index in [-0.39, 0.29) is 5.69 Å². The Morgan fingerprint density at radius 2 is 2.26 bits per heavy atom. The second-order valence-corrected chi connectivity index (χ2v) is 5.07. The van der Waals surface area contributed by atoms with E-state index in [1.807, 2.05) is 14.0 Å². The Labute approximate surface area is 118 Å². The number of halogens is 1. The van der Waals surface area contributed by atoms with Crippen LogP contribution < -0.4 is 5.32 Å². The molecule has 0 saturated carbocycles. The van der Waals surface area contributed by atoms with Crippen molar-refractivity contribution in [2.45, 2.75) is 13.5 Å². The van der Waals surface area contributed by atoms with E-state index in [1.54, 1.807) is 23.0 Å². The van der Waals surface area contributed by atoms with Crippen molar-refractivity contribution in [3.63, 3.8) is 0 Å². The Kier molecular flexibility index (Phi) is 3.84. The third kappa shape index (κ3) is 2.93. The molecule has 100 valence electrons. The van der Waals surface area contributed by atoms with Gasteiger partial charge in [-0.3, -0.25) is 14.8 Å². The lowest BCUT2D eigenvalue weighted by Crippen LogP contribution is -2.04. The molecule has 0 radical (unpaired) electrons. The largest absolute Gasteiger partial charge is 0.375 e. The van der Waals surface area contributed by atoms with E-state index in [0.29, 0.717) is 16.7 Å². The van der Waals surface area contributed by atoms with Crippen LogP contribution in [0.3, 0.4) is 0 Å². The zero-order valence-corrected chi connectivity index (χ0v) is 12.1. The van der Waals surface area contributed by atoms with Crippen LogP contribution in [0.5, 0.6) is 0 Å². The standard InChI is InChI=1S/C12H13BrN4O2/c1-8-9(7-15-16(8)2)6-14-11-4-3-10(13)5-12(11)17(18)19/h3-5,7,14H,6H2,1-2H3. The van der Waals surface area contributed by atoms with Crippen LogP contribution in [0.25, 0.3) is 0 Å². The number of hydrogen-bond acceptors (Lipinski definition) is 4. The molecule has 0 aliphatic rings. The molecule has 0 spiro atoms. The molecule has 0 bridgehead atoms. The monoisotopic (exact) mass is 324 g/mol. The number of hydrogen-bond donors (Lipinski definition) is 1. The second kappa shape index (κ2) is 5.40. The van der Waals surface area contributed by atoms with Crippen LogP contribution in [-0.4, -0.2) is 14.7 Å². The van der Waals surface area contributed by atoms with Gasteiger partial charge in [0.1, 0.15) is 5.69 Å². The number of nitro groups is 1. The van der Waals surface area contributed by atoms with Gasteiger partial charge < -0.3 is 5.32 Å². The third-order valence-corrected chi connectivity index (χ3v) is 3.46. The van der Waals surface area contributed by atoms with Crippen LogP contribution in [-0.2, 0) is 13.6 Å². The molecule has 0 aliphatic carbocycles. The second-order valence-electron chi connectivity index (χ2n) is 4.15. The summed E-state index contributed by atoms with van der Waals surface area (Å²) in [5.41, 5.74) is 2.60. The maximum atomic E-state index is 11.0. The number of nitrogens with zero attached hydrogens (tertiary/aromatic N) is 3. The van der Waals surface area contributed by atoms with Crippen molar-refractivity contribution < 1.29 is 4.92 Å². The van der Waals surface area contributed by atoms with E-state index in [0.717, 1.165) is 11.3 Å². The van der Waals surface area contributed by atoms with Gasteiger partial charge in [-0.25, -0.2) is 0 Å². The minimum Gasteiger partial charge on any atom is -0.375 e. The van der Waals surface area contributed by atoms with Crippen molar-refractivity contribution in [2.75, 3.05) is 5.32 Å². The Morgan fingerprint density at radius 3 is 2.84 bits per heavy atom. The summed E-state index contributed by atoms with van der Waals surface area (Å²) in [6.45, 7) is 2.46. The molecule has 0 fully saturated rings. The summed E-state index contributed by atoms with van der Waals surface area (Å²) >= 11 is 3.23. The molecule has 2 rings (SSSR count). The molecule has 0 unspecified atom stereocenters. The molecule has 0 atom stereocenters. The van der Waals surface area contributed by atoms with E-state index in [9.17, 15) is 10.1 Å². The summed E-state index contributed by atoms with van der Waals surface area (Å²) in [5, 5.41) is 18.2. The molecule has 7 heteroatoms. The van der Waals surface area contributed by atoms with Gasteiger partial charge in [0, 0.05) is 35.4 Å². The lowest BCUT2D eigenvalue weighted by molar-refractivity contribution is -0.384. The number of aryl methyl sites for hydroxylation is 1. The average Bonchev–Trinajstić information content (AvgIpc) is 2.68. The minimum atomic E-state index is -0.400. The highest BCUT2D eigenvalue weighted by molar-refractivity contribution is 9.10. The highest BCUT2D eigenvalue weighted by Gasteiger charge is 2.14. The fourth-order valence-corrected chi connectivity index (χ4v) is 2.06. The molecule has 1 aromatic heterocycles. The number of anilines is 1. The maximum absolute atomic E-state index is 11.0. The predicted molar refractivity (Wildman–Crippen MR) is 76.1 cm³/mol. The first-order chi connectivity index (χ1) is 8.99. The summed E-state index contributed by atoms with van der Waals surface area (Å²) in [4.78, 5) is 10.6. The molecule has 0 aliphatic heterocycles. The molecular weight excluding hydrogens is 312 g/mol. The Balaban J connectivity index is 2.20. The van der Waals surface area contributed by atoms with E-state index in [1.165, 1.54) is 6.07 Å².